The average Bonchev–Trinajstić information content (AvgIpc) is 3.72. The third kappa shape index (κ3) is 3.38. The van der Waals surface area contributed by atoms with Gasteiger partial charge in [-0.2, -0.15) is 23.5 Å². The van der Waals surface area contributed by atoms with Gasteiger partial charge in [-0.25, -0.2) is 4.79 Å². The van der Waals surface area contributed by atoms with Gasteiger partial charge in [0.25, 0.3) is 5.91 Å². The third-order valence-electron chi connectivity index (χ3n) is 9.36. The Balaban J connectivity index is 1.61. The number of fused-ring (bicyclic) bond motifs is 13. The second-order valence-electron chi connectivity index (χ2n) is 11.5. The molecule has 1 amide bonds. The highest BCUT2D eigenvalue weighted by Crippen LogP contribution is 2.58. The third-order valence-corrected chi connectivity index (χ3v) is 10.9. The fourth-order valence-corrected chi connectivity index (χ4v) is 8.55. The summed E-state index contributed by atoms with van der Waals surface area (Å²) in [6.45, 7) is 6.11. The van der Waals surface area contributed by atoms with Gasteiger partial charge in [0.05, 0.1) is 34.7 Å². The summed E-state index contributed by atoms with van der Waals surface area (Å²) in [4.78, 5) is 27.2. The minimum absolute atomic E-state index is 0.0620. The Labute approximate surface area is 259 Å². The Bertz CT molecular complexity index is 2130. The summed E-state index contributed by atoms with van der Waals surface area (Å²) in [7, 11) is 1.27. The van der Waals surface area contributed by atoms with Crippen LogP contribution in [0.25, 0.3) is 43.6 Å². The van der Waals surface area contributed by atoms with Crippen molar-refractivity contribution in [1.82, 2.24) is 14.5 Å². The van der Waals surface area contributed by atoms with Crippen LogP contribution >= 0.6 is 23.5 Å². The number of rotatable bonds is 7. The Kier molecular flexibility index (Phi) is 5.51. The van der Waals surface area contributed by atoms with Gasteiger partial charge in [0.1, 0.15) is 6.23 Å². The van der Waals surface area contributed by atoms with Gasteiger partial charge >= 0.3 is 5.97 Å². The maximum absolute atomic E-state index is 13.7. The zero-order valence-corrected chi connectivity index (χ0v) is 25.9. The number of ether oxygens (including phenoxy) is 2. The molecule has 0 aliphatic carbocycles. The fourth-order valence-electron chi connectivity index (χ4n) is 7.53. The zero-order chi connectivity index (χ0) is 31.6. The van der Waals surface area contributed by atoms with Crippen LogP contribution in [-0.4, -0.2) is 50.3 Å². The Hall–Kier alpha value is -3.18. The van der Waals surface area contributed by atoms with Gasteiger partial charge in [-0.3, -0.25) is 4.79 Å². The van der Waals surface area contributed by atoms with E-state index in [1.165, 1.54) is 30.6 Å². The normalized spacial score (nSPS) is 26.2. The number of methoxy groups -OCH3 is 1. The molecule has 222 valence electrons. The number of hydrogen-bond acceptors (Lipinski definition) is 7. The summed E-state index contributed by atoms with van der Waals surface area (Å²) in [6, 6.07) is 11.8. The van der Waals surface area contributed by atoms with E-state index < -0.39 is 35.0 Å². The van der Waals surface area contributed by atoms with Gasteiger partial charge < -0.3 is 29.0 Å². The molecule has 5 heterocycles. The zero-order valence-electron chi connectivity index (χ0n) is 26.3. The molecular formula is C33H33N3O5S2. The first-order chi connectivity index (χ1) is 21.6. The van der Waals surface area contributed by atoms with Crippen molar-refractivity contribution in [3.63, 3.8) is 0 Å². The summed E-state index contributed by atoms with van der Waals surface area (Å²) in [5, 5.41) is 18.6. The second kappa shape index (κ2) is 9.41. The van der Waals surface area contributed by atoms with Crippen LogP contribution in [0.3, 0.4) is 0 Å². The van der Waals surface area contributed by atoms with Gasteiger partial charge in [0.15, 0.2) is 5.72 Å². The number of hydrogen-bond donors (Lipinski definition) is 2. The number of nitrogens with zero attached hydrogens (tertiary/aromatic N) is 2. The molecule has 2 unspecified atom stereocenters. The standard InChI is InChI=1S/C33H33N3O5S2/c1-5-42-15-17-7-9-22-19(11-17)26-27-21(14-34-30(27)37)25-20-12-18(16-43-6-2)8-10-23(20)36-29(25)28(26)35(22)24-13-33(39,31(38)40-4)32(36,3)41-24/h7-12,24,39H,5-6,13-16H2,1-4H3,(H,34,37)/t24-,32+,33+/m1/s1/i15T,16T/t15?,16?,24-,32+,33+. The van der Waals surface area contributed by atoms with Crippen LogP contribution in [0.5, 0.6) is 0 Å². The van der Waals surface area contributed by atoms with E-state index in [0.717, 1.165) is 71.8 Å². The van der Waals surface area contributed by atoms with Crippen molar-refractivity contribution in [3.05, 3.63) is 58.7 Å². The number of thioether (sulfide) groups is 2. The summed E-state index contributed by atoms with van der Waals surface area (Å²) in [5.41, 5.74) is 1.60. The Morgan fingerprint density at radius 2 is 1.74 bits per heavy atom. The molecule has 2 N–H and O–H groups in total. The maximum Gasteiger partial charge on any atom is 0.343 e. The molecule has 43 heavy (non-hydrogen) atoms. The predicted molar refractivity (Wildman–Crippen MR) is 173 cm³/mol. The molecule has 1 fully saturated rings. The Morgan fingerprint density at radius 1 is 1.09 bits per heavy atom. The highest BCUT2D eigenvalue weighted by molar-refractivity contribution is 7.98. The first kappa shape index (κ1) is 25.2. The number of benzene rings is 3. The lowest BCUT2D eigenvalue weighted by Crippen LogP contribution is -2.56. The van der Waals surface area contributed by atoms with Crippen molar-refractivity contribution < 1.29 is 26.9 Å². The number of nitrogens with one attached hydrogen (secondary N) is 1. The minimum atomic E-state index is -2.03. The van der Waals surface area contributed by atoms with E-state index >= 15 is 0 Å². The number of aliphatic hydroxyl groups is 1. The van der Waals surface area contributed by atoms with E-state index in [1.54, 1.807) is 6.92 Å². The molecule has 8 rings (SSSR count). The Morgan fingerprint density at radius 3 is 2.40 bits per heavy atom. The summed E-state index contributed by atoms with van der Waals surface area (Å²) in [6.07, 6.45) is -0.812. The van der Waals surface area contributed by atoms with Crippen molar-refractivity contribution in [3.8, 4) is 0 Å². The molecule has 0 saturated carbocycles. The molecule has 3 aromatic carbocycles. The molecule has 5 aromatic rings. The molecular weight excluding hydrogens is 583 g/mol. The van der Waals surface area contributed by atoms with Gasteiger partial charge in [-0.1, -0.05) is 26.0 Å². The van der Waals surface area contributed by atoms with Crippen molar-refractivity contribution in [1.29, 1.82) is 0 Å². The molecule has 2 aromatic heterocycles. The molecule has 0 spiro atoms. The number of amides is 1. The molecule has 2 bridgehead atoms. The number of aromatic nitrogens is 2. The van der Waals surface area contributed by atoms with Gasteiger partial charge in [0, 0.05) is 48.7 Å². The number of carbonyl (C=O) groups is 2. The molecule has 5 atom stereocenters. The van der Waals surface area contributed by atoms with E-state index in [2.05, 4.69) is 5.32 Å². The number of carbonyl (C=O) groups excluding carboxylic acids is 2. The number of esters is 1. The molecule has 1 saturated heterocycles. The predicted octanol–water partition coefficient (Wildman–Crippen LogP) is 6.16. The van der Waals surface area contributed by atoms with E-state index in [4.69, 9.17) is 12.2 Å². The van der Waals surface area contributed by atoms with Crippen LogP contribution in [0, 0.1) is 0 Å². The topological polar surface area (TPSA) is 94.7 Å². The summed E-state index contributed by atoms with van der Waals surface area (Å²) < 4.78 is 33.5. The van der Waals surface area contributed by atoms with Crippen LogP contribution in [0.2, 0.25) is 0 Å². The first-order valence-corrected chi connectivity index (χ1v) is 16.6. The average molecular weight is 620 g/mol. The fraction of sp³-hybridized carbons (Fsp3) is 0.394. The molecule has 0 radical (unpaired) electrons. The highest BCUT2D eigenvalue weighted by Gasteiger charge is 2.65. The smallest absolute Gasteiger partial charge is 0.343 e. The lowest BCUT2D eigenvalue weighted by atomic mass is 9.88. The van der Waals surface area contributed by atoms with Gasteiger partial charge in [-0.15, -0.1) is 0 Å². The highest BCUT2D eigenvalue weighted by atomic mass is 32.2. The van der Waals surface area contributed by atoms with E-state index in [1.807, 2.05) is 59.4 Å². The van der Waals surface area contributed by atoms with E-state index in [-0.39, 0.29) is 12.3 Å². The molecule has 8 nitrogen and oxygen atoms in total. The van der Waals surface area contributed by atoms with Gasteiger partial charge in [0.2, 0.25) is 5.60 Å². The largest absolute Gasteiger partial charge is 0.467 e. The molecule has 10 heteroatoms. The summed E-state index contributed by atoms with van der Waals surface area (Å²) >= 11 is 3.06. The van der Waals surface area contributed by atoms with Crippen LogP contribution in [0.4, 0.5) is 0 Å². The van der Waals surface area contributed by atoms with Crippen LogP contribution in [0.15, 0.2) is 36.4 Å². The first-order valence-electron chi connectivity index (χ1n) is 15.7. The van der Waals surface area contributed by atoms with Crippen molar-refractivity contribution in [2.45, 2.75) is 62.7 Å². The monoisotopic (exact) mass is 619 g/mol. The second-order valence-corrected chi connectivity index (χ2v) is 13.8. The maximum atomic E-state index is 13.7. The van der Waals surface area contributed by atoms with E-state index in [0.29, 0.717) is 12.1 Å². The quantitative estimate of drug-likeness (QED) is 0.211. The van der Waals surface area contributed by atoms with E-state index in [9.17, 15) is 14.7 Å². The van der Waals surface area contributed by atoms with Crippen molar-refractivity contribution >= 4 is 79.0 Å². The molecule has 3 aliphatic rings. The van der Waals surface area contributed by atoms with Gasteiger partial charge in [-0.05, 0) is 59.4 Å². The lowest BCUT2D eigenvalue weighted by Gasteiger charge is -2.37. The lowest BCUT2D eigenvalue weighted by molar-refractivity contribution is -0.202. The SMILES string of the molecule is [3H]C(SCC)c1ccc2c(c1)c1c3c(c4c5cc(C([3H])SCC)ccc5n5c4c1n2[C@H]1C[C@](O)(C(=O)OC)[C@]5(C)O1)CNC3=O. The molecule has 3 aliphatic heterocycles. The van der Waals surface area contributed by atoms with Crippen LogP contribution < -0.4 is 5.32 Å². The van der Waals surface area contributed by atoms with Crippen LogP contribution in [-0.2, 0) is 38.0 Å². The summed E-state index contributed by atoms with van der Waals surface area (Å²) in [5.74, 6) is 0.645. The minimum Gasteiger partial charge on any atom is -0.467 e. The van der Waals surface area contributed by atoms with Crippen LogP contribution in [0.1, 0.15) is 63.2 Å². The van der Waals surface area contributed by atoms with Crippen molar-refractivity contribution in [2.24, 2.45) is 0 Å². The van der Waals surface area contributed by atoms with Crippen molar-refractivity contribution in [2.75, 3.05) is 18.6 Å².